The molecule has 5 rings (SSSR count). The van der Waals surface area contributed by atoms with Crippen molar-refractivity contribution in [2.75, 3.05) is 14.1 Å². The van der Waals surface area contributed by atoms with Gasteiger partial charge in [0.05, 0.1) is 22.9 Å². The predicted octanol–water partition coefficient (Wildman–Crippen LogP) is 1.86. The average molecular weight is 376 g/mol. The molecule has 4 aromatic rings. The Hall–Kier alpha value is -2.84. The Kier molecular flexibility index (Phi) is 3.59. The quantitative estimate of drug-likeness (QED) is 0.587. The van der Waals surface area contributed by atoms with Gasteiger partial charge in [-0.3, -0.25) is 0 Å². The Morgan fingerprint density at radius 2 is 1.96 bits per heavy atom. The van der Waals surface area contributed by atoms with Gasteiger partial charge < -0.3 is 15.2 Å². The summed E-state index contributed by atoms with van der Waals surface area (Å²) in [4.78, 5) is 16.2. The van der Waals surface area contributed by atoms with Crippen molar-refractivity contribution in [3.8, 4) is 11.3 Å². The number of nitrogens with zero attached hydrogens (tertiary/aromatic N) is 7. The number of pyridine rings is 1. The number of nitrogens with two attached hydrogens (primary N) is 1. The molecule has 8 nitrogen and oxygen atoms in total. The zero-order valence-corrected chi connectivity index (χ0v) is 16.6. The molecule has 4 aromatic heterocycles. The van der Waals surface area contributed by atoms with Crippen molar-refractivity contribution in [3.05, 3.63) is 42.2 Å². The third-order valence-corrected chi connectivity index (χ3v) is 6.01. The van der Waals surface area contributed by atoms with Crippen LogP contribution in [0.25, 0.3) is 27.9 Å². The highest BCUT2D eigenvalue weighted by Gasteiger charge is 2.45. The van der Waals surface area contributed by atoms with Crippen LogP contribution in [0.1, 0.15) is 24.5 Å². The summed E-state index contributed by atoms with van der Waals surface area (Å²) in [6.07, 6.45) is 5.55. The maximum absolute atomic E-state index is 6.56. The van der Waals surface area contributed by atoms with E-state index in [4.69, 9.17) is 15.8 Å². The summed E-state index contributed by atoms with van der Waals surface area (Å²) < 4.78 is 3.86. The average Bonchev–Trinajstić information content (AvgIpc) is 3.19. The molecule has 4 heterocycles. The summed E-state index contributed by atoms with van der Waals surface area (Å²) >= 11 is 0. The highest BCUT2D eigenvalue weighted by Crippen LogP contribution is 2.39. The minimum atomic E-state index is -0.447. The topological polar surface area (TPSA) is 90.2 Å². The highest BCUT2D eigenvalue weighted by atomic mass is 15.3. The molecule has 1 fully saturated rings. The first-order valence-electron chi connectivity index (χ1n) is 9.46. The summed E-state index contributed by atoms with van der Waals surface area (Å²) in [5.74, 6) is 1.64. The molecule has 0 aliphatic heterocycles. The van der Waals surface area contributed by atoms with E-state index in [0.717, 1.165) is 46.6 Å². The Morgan fingerprint density at radius 3 is 2.71 bits per heavy atom. The lowest BCUT2D eigenvalue weighted by molar-refractivity contribution is 0.0865. The Bertz CT molecular complexity index is 1200. The first-order chi connectivity index (χ1) is 13.4. The Balaban J connectivity index is 1.53. The standard InChI is InChI=1S/C20H24N8/c1-12-23-16-6-5-15(24-18(16)27(12)4)14-7-8-28-17(14)11-22-19(25-28)20(21)9-13(10-20)26(2)3/h5-8,11,13H,9-10,21H2,1-4H3. The second-order valence-corrected chi connectivity index (χ2v) is 8.08. The first-order valence-corrected chi connectivity index (χ1v) is 9.46. The molecule has 0 aromatic carbocycles. The van der Waals surface area contributed by atoms with Gasteiger partial charge in [-0.05, 0) is 52.1 Å². The van der Waals surface area contributed by atoms with E-state index in [0.29, 0.717) is 11.9 Å². The molecule has 0 atom stereocenters. The molecule has 0 spiro atoms. The summed E-state index contributed by atoms with van der Waals surface area (Å²) in [5, 5.41) is 4.71. The van der Waals surface area contributed by atoms with Crippen LogP contribution in [0, 0.1) is 6.92 Å². The van der Waals surface area contributed by atoms with E-state index in [2.05, 4.69) is 29.0 Å². The number of hydrogen-bond acceptors (Lipinski definition) is 6. The lowest BCUT2D eigenvalue weighted by Crippen LogP contribution is -2.57. The van der Waals surface area contributed by atoms with E-state index in [-0.39, 0.29) is 0 Å². The van der Waals surface area contributed by atoms with Crippen LogP contribution in [0.4, 0.5) is 0 Å². The third-order valence-electron chi connectivity index (χ3n) is 6.01. The second kappa shape index (κ2) is 5.83. The molecule has 0 unspecified atom stereocenters. The molecule has 0 radical (unpaired) electrons. The Morgan fingerprint density at radius 1 is 1.18 bits per heavy atom. The van der Waals surface area contributed by atoms with Gasteiger partial charge in [0.15, 0.2) is 11.5 Å². The molecule has 1 aliphatic carbocycles. The van der Waals surface area contributed by atoms with Crippen molar-refractivity contribution in [1.82, 2.24) is 34.0 Å². The van der Waals surface area contributed by atoms with E-state index in [9.17, 15) is 0 Å². The van der Waals surface area contributed by atoms with Crippen LogP contribution in [0.2, 0.25) is 0 Å². The van der Waals surface area contributed by atoms with Crippen LogP contribution in [0.5, 0.6) is 0 Å². The molecule has 0 saturated heterocycles. The van der Waals surface area contributed by atoms with Crippen LogP contribution < -0.4 is 5.73 Å². The molecule has 144 valence electrons. The maximum atomic E-state index is 6.56. The fraction of sp³-hybridized carbons (Fsp3) is 0.400. The molecule has 0 bridgehead atoms. The Labute approximate surface area is 163 Å². The number of imidazole rings is 1. The van der Waals surface area contributed by atoms with Crippen molar-refractivity contribution >= 4 is 16.7 Å². The normalized spacial score (nSPS) is 22.3. The van der Waals surface area contributed by atoms with Crippen molar-refractivity contribution in [3.63, 3.8) is 0 Å². The van der Waals surface area contributed by atoms with Gasteiger partial charge in [0.2, 0.25) is 0 Å². The lowest BCUT2D eigenvalue weighted by atomic mass is 9.72. The lowest BCUT2D eigenvalue weighted by Gasteiger charge is -2.46. The SMILES string of the molecule is Cc1nc2ccc(-c3ccn4nc(C5(N)CC(N(C)C)C5)ncc34)nc2n1C. The molecular weight excluding hydrogens is 352 g/mol. The molecule has 0 amide bonds. The summed E-state index contributed by atoms with van der Waals surface area (Å²) in [6.45, 7) is 1.98. The number of rotatable bonds is 3. The van der Waals surface area contributed by atoms with Crippen molar-refractivity contribution in [2.24, 2.45) is 12.8 Å². The van der Waals surface area contributed by atoms with Crippen molar-refractivity contribution in [1.29, 1.82) is 0 Å². The van der Waals surface area contributed by atoms with Crippen LogP contribution in [-0.2, 0) is 12.6 Å². The highest BCUT2D eigenvalue weighted by molar-refractivity contribution is 5.82. The molecule has 2 N–H and O–H groups in total. The van der Waals surface area contributed by atoms with Crippen LogP contribution in [0.3, 0.4) is 0 Å². The number of aromatic nitrogens is 6. The van der Waals surface area contributed by atoms with Gasteiger partial charge in [-0.15, -0.1) is 0 Å². The minimum Gasteiger partial charge on any atom is -0.319 e. The number of hydrogen-bond donors (Lipinski definition) is 1. The van der Waals surface area contributed by atoms with Crippen LogP contribution in [-0.4, -0.2) is 54.2 Å². The molecular formula is C20H24N8. The fourth-order valence-electron chi connectivity index (χ4n) is 4.00. The molecule has 28 heavy (non-hydrogen) atoms. The van der Waals surface area contributed by atoms with E-state index < -0.39 is 5.54 Å². The van der Waals surface area contributed by atoms with E-state index in [1.54, 1.807) is 0 Å². The van der Waals surface area contributed by atoms with Gasteiger partial charge in [0, 0.05) is 24.8 Å². The zero-order valence-electron chi connectivity index (χ0n) is 16.6. The molecule has 1 saturated carbocycles. The van der Waals surface area contributed by atoms with Crippen LogP contribution >= 0.6 is 0 Å². The number of aryl methyl sites for hydroxylation is 2. The van der Waals surface area contributed by atoms with Gasteiger partial charge in [-0.25, -0.2) is 19.5 Å². The summed E-state index contributed by atoms with van der Waals surface area (Å²) in [5.41, 5.74) is 10.7. The number of fused-ring (bicyclic) bond motifs is 2. The van der Waals surface area contributed by atoms with Gasteiger partial charge in [-0.2, -0.15) is 5.10 Å². The smallest absolute Gasteiger partial charge is 0.169 e. The van der Waals surface area contributed by atoms with Crippen molar-refractivity contribution in [2.45, 2.75) is 31.3 Å². The van der Waals surface area contributed by atoms with Crippen LogP contribution in [0.15, 0.2) is 30.6 Å². The van der Waals surface area contributed by atoms with Gasteiger partial charge in [0.1, 0.15) is 11.3 Å². The fourth-order valence-corrected chi connectivity index (χ4v) is 4.00. The van der Waals surface area contributed by atoms with E-state index in [1.165, 1.54) is 0 Å². The van der Waals surface area contributed by atoms with Crippen molar-refractivity contribution < 1.29 is 0 Å². The first kappa shape index (κ1) is 17.3. The van der Waals surface area contributed by atoms with E-state index >= 15 is 0 Å². The monoisotopic (exact) mass is 376 g/mol. The zero-order chi connectivity index (χ0) is 19.6. The largest absolute Gasteiger partial charge is 0.319 e. The molecule has 8 heteroatoms. The third kappa shape index (κ3) is 2.45. The molecule has 1 aliphatic rings. The second-order valence-electron chi connectivity index (χ2n) is 8.08. The summed E-state index contributed by atoms with van der Waals surface area (Å²) in [6, 6.07) is 6.52. The predicted molar refractivity (Wildman–Crippen MR) is 108 cm³/mol. The maximum Gasteiger partial charge on any atom is 0.169 e. The van der Waals surface area contributed by atoms with E-state index in [1.807, 2.05) is 53.6 Å². The minimum absolute atomic E-state index is 0.447. The van der Waals surface area contributed by atoms with Gasteiger partial charge in [-0.1, -0.05) is 0 Å². The van der Waals surface area contributed by atoms with Gasteiger partial charge in [0.25, 0.3) is 0 Å². The van der Waals surface area contributed by atoms with Gasteiger partial charge >= 0.3 is 0 Å². The summed E-state index contributed by atoms with van der Waals surface area (Å²) in [7, 11) is 6.15.